The molecule has 0 aromatic heterocycles. The predicted octanol–water partition coefficient (Wildman–Crippen LogP) is 1.20. The van der Waals surface area contributed by atoms with E-state index in [0.29, 0.717) is 6.61 Å². The summed E-state index contributed by atoms with van der Waals surface area (Å²) in [5.41, 5.74) is 0. The molecule has 0 bridgehead atoms. The number of unbranched alkanes of at least 4 members (excludes halogenated alkanes) is 5. The molecule has 0 aromatic carbocycles. The van der Waals surface area contributed by atoms with Crippen LogP contribution in [0.5, 0.6) is 0 Å². The zero-order valence-electron chi connectivity index (χ0n) is 12.0. The van der Waals surface area contributed by atoms with Crippen LogP contribution in [0.15, 0.2) is 11.5 Å². The lowest BCUT2D eigenvalue weighted by atomic mass is 10.1. The zero-order chi connectivity index (χ0) is 15.0. The summed E-state index contributed by atoms with van der Waals surface area (Å²) in [6.45, 7) is 2.02. The van der Waals surface area contributed by atoms with Crippen LogP contribution in [0.4, 0.5) is 0 Å². The van der Waals surface area contributed by atoms with Gasteiger partial charge in [-0.1, -0.05) is 39.0 Å². The molecule has 1 aliphatic heterocycles. The fourth-order valence-corrected chi connectivity index (χ4v) is 2.08. The average molecular weight is 290 g/mol. The summed E-state index contributed by atoms with van der Waals surface area (Å²) < 4.78 is 10.5. The third-order valence-electron chi connectivity index (χ3n) is 3.35. The fourth-order valence-electron chi connectivity index (χ4n) is 2.08. The van der Waals surface area contributed by atoms with Crippen molar-refractivity contribution in [3.8, 4) is 0 Å². The van der Waals surface area contributed by atoms with Gasteiger partial charge in [-0.3, -0.25) is 0 Å². The number of rotatable bonds is 9. The molecular weight excluding hydrogens is 264 g/mol. The molecule has 0 aliphatic carbocycles. The van der Waals surface area contributed by atoms with Gasteiger partial charge in [0, 0.05) is 0 Å². The number of aliphatic hydroxyl groups excluding tert-OH is 4. The third kappa shape index (κ3) is 4.94. The van der Waals surface area contributed by atoms with Crippen molar-refractivity contribution in [3.63, 3.8) is 0 Å². The lowest BCUT2D eigenvalue weighted by molar-refractivity contribution is -0.216. The van der Waals surface area contributed by atoms with E-state index in [1.54, 1.807) is 0 Å². The summed E-state index contributed by atoms with van der Waals surface area (Å²) in [4.78, 5) is 0. The Hall–Kier alpha value is -0.820. The van der Waals surface area contributed by atoms with E-state index in [-0.39, 0.29) is 5.76 Å². The van der Waals surface area contributed by atoms with E-state index in [9.17, 15) is 15.3 Å². The highest BCUT2D eigenvalue weighted by Gasteiger charge is 2.38. The maximum atomic E-state index is 9.72. The lowest BCUT2D eigenvalue weighted by Gasteiger charge is -2.32. The van der Waals surface area contributed by atoms with Crippen molar-refractivity contribution in [2.45, 2.75) is 63.9 Å². The van der Waals surface area contributed by atoms with Crippen LogP contribution in [0.25, 0.3) is 0 Å². The predicted molar refractivity (Wildman–Crippen MR) is 73.0 cm³/mol. The normalized spacial score (nSPS) is 26.7. The molecule has 1 aliphatic rings. The van der Waals surface area contributed by atoms with Crippen molar-refractivity contribution in [3.05, 3.63) is 11.5 Å². The minimum atomic E-state index is -1.49. The van der Waals surface area contributed by atoms with Crippen LogP contribution in [-0.2, 0) is 9.47 Å². The molecule has 1 unspecified atom stereocenters. The molecule has 6 heteroatoms. The zero-order valence-corrected chi connectivity index (χ0v) is 12.0. The average Bonchev–Trinajstić information content (AvgIpc) is 2.46. The SMILES string of the molecule is CCCCCCCCO[C@@H]1OC(CO)=C(O)C(O)[C@H]1O. The Kier molecular flexibility index (Phi) is 7.91. The molecule has 0 fully saturated rings. The Labute approximate surface area is 119 Å². The van der Waals surface area contributed by atoms with Crippen molar-refractivity contribution < 1.29 is 29.9 Å². The molecule has 4 N–H and O–H groups in total. The molecule has 3 atom stereocenters. The second-order valence-corrected chi connectivity index (χ2v) is 5.03. The van der Waals surface area contributed by atoms with E-state index in [1.165, 1.54) is 19.3 Å². The highest BCUT2D eigenvalue weighted by atomic mass is 16.7. The summed E-state index contributed by atoms with van der Waals surface area (Å²) in [5.74, 6) is -0.699. The van der Waals surface area contributed by atoms with Gasteiger partial charge in [-0.15, -0.1) is 0 Å². The Morgan fingerprint density at radius 3 is 2.40 bits per heavy atom. The Morgan fingerprint density at radius 2 is 1.75 bits per heavy atom. The molecule has 0 radical (unpaired) electrons. The smallest absolute Gasteiger partial charge is 0.228 e. The fraction of sp³-hybridized carbons (Fsp3) is 0.857. The van der Waals surface area contributed by atoms with Crippen molar-refractivity contribution in [2.24, 2.45) is 0 Å². The second kappa shape index (κ2) is 9.18. The van der Waals surface area contributed by atoms with Crippen LogP contribution in [0, 0.1) is 0 Å². The quantitative estimate of drug-likeness (QED) is 0.476. The van der Waals surface area contributed by atoms with Crippen molar-refractivity contribution >= 4 is 0 Å². The van der Waals surface area contributed by atoms with Gasteiger partial charge in [0.2, 0.25) is 6.29 Å². The van der Waals surface area contributed by atoms with Gasteiger partial charge in [0.05, 0.1) is 6.61 Å². The standard InChI is InChI=1S/C14H26O6/c1-2-3-4-5-6-7-8-19-14-13(18)12(17)11(16)10(9-15)20-14/h12-18H,2-9H2,1H3/t12?,13-,14-/m1/s1. The van der Waals surface area contributed by atoms with Gasteiger partial charge in [0.25, 0.3) is 0 Å². The number of aliphatic hydroxyl groups is 4. The first-order valence-corrected chi connectivity index (χ1v) is 7.29. The van der Waals surface area contributed by atoms with Crippen LogP contribution < -0.4 is 0 Å². The summed E-state index contributed by atoms with van der Waals surface area (Å²) >= 11 is 0. The van der Waals surface area contributed by atoms with Crippen LogP contribution >= 0.6 is 0 Å². The van der Waals surface area contributed by atoms with E-state index in [4.69, 9.17) is 14.6 Å². The van der Waals surface area contributed by atoms with Crippen LogP contribution in [-0.4, -0.2) is 52.1 Å². The molecule has 6 nitrogen and oxygen atoms in total. The highest BCUT2D eigenvalue weighted by molar-refractivity contribution is 5.11. The summed E-state index contributed by atoms with van der Waals surface area (Å²) in [6.07, 6.45) is 2.79. The van der Waals surface area contributed by atoms with Gasteiger partial charge in [-0.05, 0) is 6.42 Å². The lowest BCUT2D eigenvalue weighted by Crippen LogP contribution is -2.46. The van der Waals surface area contributed by atoms with Crippen LogP contribution in [0.1, 0.15) is 45.4 Å². The molecule has 0 saturated heterocycles. The first kappa shape index (κ1) is 17.2. The molecule has 1 heterocycles. The molecule has 0 saturated carbocycles. The monoisotopic (exact) mass is 290 g/mol. The molecule has 118 valence electrons. The molecule has 0 amide bonds. The number of hydrogen-bond acceptors (Lipinski definition) is 6. The maximum absolute atomic E-state index is 9.72. The number of hydrogen-bond donors (Lipinski definition) is 4. The minimum Gasteiger partial charge on any atom is -0.506 e. The number of ether oxygens (including phenoxy) is 2. The van der Waals surface area contributed by atoms with Gasteiger partial charge in [0.1, 0.15) is 18.8 Å². The van der Waals surface area contributed by atoms with Crippen LogP contribution in [0.2, 0.25) is 0 Å². The van der Waals surface area contributed by atoms with Gasteiger partial charge >= 0.3 is 0 Å². The van der Waals surface area contributed by atoms with Gasteiger partial charge in [-0.25, -0.2) is 0 Å². The van der Waals surface area contributed by atoms with Gasteiger partial charge in [-0.2, -0.15) is 0 Å². The third-order valence-corrected chi connectivity index (χ3v) is 3.35. The molecule has 0 spiro atoms. The summed E-state index contributed by atoms with van der Waals surface area (Å²) in [6, 6.07) is 0. The second-order valence-electron chi connectivity index (χ2n) is 5.03. The summed E-state index contributed by atoms with van der Waals surface area (Å²) in [5, 5.41) is 37.7. The molecule has 20 heavy (non-hydrogen) atoms. The Balaban J connectivity index is 2.27. The topological polar surface area (TPSA) is 99.4 Å². The van der Waals surface area contributed by atoms with E-state index in [0.717, 1.165) is 19.3 Å². The highest BCUT2D eigenvalue weighted by Crippen LogP contribution is 2.24. The Morgan fingerprint density at radius 1 is 1.10 bits per heavy atom. The van der Waals surface area contributed by atoms with E-state index < -0.39 is 30.9 Å². The molecular formula is C14H26O6. The first-order valence-electron chi connectivity index (χ1n) is 7.29. The molecule has 1 rings (SSSR count). The van der Waals surface area contributed by atoms with E-state index >= 15 is 0 Å². The largest absolute Gasteiger partial charge is 0.506 e. The van der Waals surface area contributed by atoms with Crippen LogP contribution in [0.3, 0.4) is 0 Å². The van der Waals surface area contributed by atoms with Gasteiger partial charge < -0.3 is 29.9 Å². The first-order chi connectivity index (χ1) is 9.61. The van der Waals surface area contributed by atoms with E-state index in [2.05, 4.69) is 6.92 Å². The van der Waals surface area contributed by atoms with Crippen molar-refractivity contribution in [1.82, 2.24) is 0 Å². The minimum absolute atomic E-state index is 0.157. The van der Waals surface area contributed by atoms with E-state index in [1.807, 2.05) is 0 Å². The van der Waals surface area contributed by atoms with Crippen molar-refractivity contribution in [2.75, 3.05) is 13.2 Å². The Bertz CT molecular complexity index is 304. The van der Waals surface area contributed by atoms with Gasteiger partial charge in [0.15, 0.2) is 11.5 Å². The van der Waals surface area contributed by atoms with Crippen molar-refractivity contribution in [1.29, 1.82) is 0 Å². The molecule has 0 aromatic rings. The maximum Gasteiger partial charge on any atom is 0.228 e. The summed E-state index contributed by atoms with van der Waals surface area (Å²) in [7, 11) is 0.